The number of carbonyl (C=O) groups excluding carboxylic acids is 3. The lowest BCUT2D eigenvalue weighted by Gasteiger charge is -2.23. The third-order valence-electron chi connectivity index (χ3n) is 6.30. The average Bonchev–Trinajstić information content (AvgIpc) is 2.97. The van der Waals surface area contributed by atoms with E-state index in [0.29, 0.717) is 44.5 Å². The molecule has 3 aromatic rings. The Morgan fingerprint density at radius 3 is 2.24 bits per heavy atom. The molecule has 1 unspecified atom stereocenters. The van der Waals surface area contributed by atoms with Crippen LogP contribution in [0.25, 0.3) is 11.1 Å². The van der Waals surface area contributed by atoms with Crippen LogP contribution < -0.4 is 15.2 Å². The molecule has 0 aliphatic carbocycles. The summed E-state index contributed by atoms with van der Waals surface area (Å²) in [5.74, 6) is -2.55. The van der Waals surface area contributed by atoms with Gasteiger partial charge in [-0.1, -0.05) is 36.4 Å². The van der Waals surface area contributed by atoms with Crippen LogP contribution in [0.3, 0.4) is 0 Å². The Kier molecular flexibility index (Phi) is 8.81. The lowest BCUT2D eigenvalue weighted by atomic mass is 9.88. The second-order valence-electron chi connectivity index (χ2n) is 8.73. The number of hydrogen-bond donors (Lipinski definition) is 0. The molecular weight excluding hydrogens is 524 g/mol. The molecule has 1 aliphatic heterocycles. The van der Waals surface area contributed by atoms with Gasteiger partial charge in [0.25, 0.3) is 0 Å². The molecule has 9 heteroatoms. The van der Waals surface area contributed by atoms with Gasteiger partial charge in [-0.25, -0.2) is 9.59 Å². The molecule has 0 fully saturated rings. The van der Waals surface area contributed by atoms with E-state index >= 15 is 0 Å². The highest BCUT2D eigenvalue weighted by atomic mass is 16.5. The number of carbonyl (C=O) groups is 3. The third kappa shape index (κ3) is 5.66. The number of rotatable bonds is 8. The van der Waals surface area contributed by atoms with E-state index in [0.717, 1.165) is 0 Å². The van der Waals surface area contributed by atoms with Crippen molar-refractivity contribution in [1.82, 2.24) is 0 Å². The number of nitrogens with zero attached hydrogens (tertiary/aromatic N) is 2. The van der Waals surface area contributed by atoms with Crippen LogP contribution >= 0.6 is 0 Å². The number of hydrogen-bond acceptors (Lipinski definition) is 9. The molecule has 1 atom stereocenters. The minimum Gasteiger partial charge on any atom is -0.465 e. The van der Waals surface area contributed by atoms with Gasteiger partial charge in [0, 0.05) is 21.6 Å². The fourth-order valence-corrected chi connectivity index (χ4v) is 4.54. The summed E-state index contributed by atoms with van der Waals surface area (Å²) < 4.78 is 21.7. The Morgan fingerprint density at radius 2 is 1.56 bits per heavy atom. The highest BCUT2D eigenvalue weighted by molar-refractivity contribution is 6.15. The van der Waals surface area contributed by atoms with E-state index in [4.69, 9.17) is 18.9 Å². The molecule has 0 bridgehead atoms. The van der Waals surface area contributed by atoms with Crippen molar-refractivity contribution in [1.29, 1.82) is 10.5 Å². The molecule has 0 saturated carbocycles. The van der Waals surface area contributed by atoms with Gasteiger partial charge >= 0.3 is 17.9 Å². The maximum absolute atomic E-state index is 12.9. The second kappa shape index (κ2) is 12.6. The molecule has 41 heavy (non-hydrogen) atoms. The minimum atomic E-state index is -1.19. The van der Waals surface area contributed by atoms with E-state index in [1.807, 2.05) is 12.1 Å². The maximum Gasteiger partial charge on any atom is 0.349 e. The quantitative estimate of drug-likeness (QED) is 0.238. The summed E-state index contributed by atoms with van der Waals surface area (Å²) in [4.78, 5) is 37.8. The van der Waals surface area contributed by atoms with Crippen LogP contribution in [0, 0.1) is 22.7 Å². The summed E-state index contributed by atoms with van der Waals surface area (Å²) in [6, 6.07) is 20.6. The van der Waals surface area contributed by atoms with Crippen molar-refractivity contribution in [2.75, 3.05) is 19.8 Å². The van der Waals surface area contributed by atoms with Crippen molar-refractivity contribution in [3.05, 3.63) is 93.4 Å². The van der Waals surface area contributed by atoms with Crippen LogP contribution in [0.1, 0.15) is 53.7 Å². The minimum absolute atomic E-state index is 0.102. The summed E-state index contributed by atoms with van der Waals surface area (Å²) in [5, 5.41) is 20.3. The van der Waals surface area contributed by atoms with E-state index in [-0.39, 0.29) is 30.6 Å². The monoisotopic (exact) mass is 550 g/mol. The summed E-state index contributed by atoms with van der Waals surface area (Å²) in [5.41, 5.74) is 2.28. The summed E-state index contributed by atoms with van der Waals surface area (Å²) >= 11 is 0. The molecule has 0 spiro atoms. The van der Waals surface area contributed by atoms with Crippen LogP contribution in [-0.4, -0.2) is 37.7 Å². The van der Waals surface area contributed by atoms with Gasteiger partial charge in [-0.15, -0.1) is 0 Å². The fraction of sp³-hybridized carbons (Fsp3) is 0.219. The van der Waals surface area contributed by atoms with Crippen molar-refractivity contribution in [3.8, 4) is 23.6 Å². The first kappa shape index (κ1) is 28.6. The molecule has 0 radical (unpaired) electrons. The molecule has 0 saturated heterocycles. The molecule has 206 valence electrons. The Hall–Kier alpha value is -5.41. The van der Waals surface area contributed by atoms with Gasteiger partial charge in [0.15, 0.2) is 5.92 Å². The topological polar surface area (TPSA) is 136 Å². The largest absolute Gasteiger partial charge is 0.465 e. The number of esters is 3. The van der Waals surface area contributed by atoms with Crippen molar-refractivity contribution < 1.29 is 33.3 Å². The van der Waals surface area contributed by atoms with Gasteiger partial charge in [-0.05, 0) is 56.2 Å². The number of benzene rings is 3. The predicted molar refractivity (Wildman–Crippen MR) is 147 cm³/mol. The van der Waals surface area contributed by atoms with Gasteiger partial charge in [-0.2, -0.15) is 10.5 Å². The lowest BCUT2D eigenvalue weighted by molar-refractivity contribution is -0.143. The number of nitriles is 2. The van der Waals surface area contributed by atoms with Crippen LogP contribution in [0.2, 0.25) is 0 Å². The van der Waals surface area contributed by atoms with Crippen LogP contribution in [0.4, 0.5) is 0 Å². The Labute approximate surface area is 236 Å². The average molecular weight is 551 g/mol. The first-order valence-electron chi connectivity index (χ1n) is 13.0. The fourth-order valence-electron chi connectivity index (χ4n) is 4.54. The molecule has 0 N–H and O–H groups in total. The highest BCUT2D eigenvalue weighted by Gasteiger charge is 2.28. The van der Waals surface area contributed by atoms with Gasteiger partial charge in [0.05, 0.1) is 31.5 Å². The number of ether oxygens (including phenoxy) is 4. The van der Waals surface area contributed by atoms with Crippen molar-refractivity contribution in [2.45, 2.75) is 26.7 Å². The zero-order valence-corrected chi connectivity index (χ0v) is 22.7. The van der Waals surface area contributed by atoms with Crippen molar-refractivity contribution in [2.24, 2.45) is 0 Å². The molecule has 3 aromatic carbocycles. The zero-order chi connectivity index (χ0) is 29.5. The summed E-state index contributed by atoms with van der Waals surface area (Å²) in [6.07, 6.45) is 0. The van der Waals surface area contributed by atoms with Crippen molar-refractivity contribution >= 4 is 29.1 Å². The number of fused-ring (bicyclic) bond motifs is 2. The Balaban J connectivity index is 2.03. The first-order chi connectivity index (χ1) is 19.9. The van der Waals surface area contributed by atoms with E-state index in [1.165, 1.54) is 0 Å². The smallest absolute Gasteiger partial charge is 0.349 e. The van der Waals surface area contributed by atoms with Crippen LogP contribution in [0.15, 0.2) is 60.7 Å². The summed E-state index contributed by atoms with van der Waals surface area (Å²) in [6.45, 7) is 5.43. The van der Waals surface area contributed by atoms with Gasteiger partial charge < -0.3 is 18.9 Å². The van der Waals surface area contributed by atoms with E-state index in [2.05, 4.69) is 0 Å². The Morgan fingerprint density at radius 1 is 0.829 bits per heavy atom. The molecular formula is C32H26N2O7. The highest BCUT2D eigenvalue weighted by Crippen LogP contribution is 2.39. The normalized spacial score (nSPS) is 12.8. The van der Waals surface area contributed by atoms with Crippen molar-refractivity contribution in [3.63, 3.8) is 0 Å². The summed E-state index contributed by atoms with van der Waals surface area (Å²) in [7, 11) is 0. The van der Waals surface area contributed by atoms with Crippen LogP contribution in [0.5, 0.6) is 11.5 Å². The predicted octanol–water partition coefficient (Wildman–Crippen LogP) is 3.62. The molecule has 1 heterocycles. The van der Waals surface area contributed by atoms with Gasteiger partial charge in [0.1, 0.15) is 23.1 Å². The zero-order valence-electron chi connectivity index (χ0n) is 22.7. The Bertz CT molecular complexity index is 1740. The molecule has 4 rings (SSSR count). The molecule has 0 amide bonds. The third-order valence-corrected chi connectivity index (χ3v) is 6.30. The SMILES string of the molecule is CCOC(=O)/C(C#N)=c1\ccc2c(c1)Oc1cc(C(C#N)C(=O)OCC)ccc1C=2c1ccccc1C(=O)OCC. The van der Waals surface area contributed by atoms with E-state index in [1.54, 1.807) is 81.4 Å². The molecule has 1 aliphatic rings. The molecule has 0 aromatic heterocycles. The van der Waals surface area contributed by atoms with Gasteiger partial charge in [-0.3, -0.25) is 4.79 Å². The van der Waals surface area contributed by atoms with Gasteiger partial charge in [0.2, 0.25) is 0 Å². The van der Waals surface area contributed by atoms with E-state index < -0.39 is 23.8 Å². The van der Waals surface area contributed by atoms with Crippen LogP contribution in [-0.2, 0) is 23.8 Å². The lowest BCUT2D eigenvalue weighted by Crippen LogP contribution is -2.23. The maximum atomic E-state index is 12.9. The van der Waals surface area contributed by atoms with E-state index in [9.17, 15) is 24.9 Å². The standard InChI is InChI=1S/C32H26N2O7/c1-4-38-30(35)22-10-8-7-9-21(22)29-23-13-11-19(25(17-33)31(36)39-5-2)15-27(23)41-28-16-20(12-14-24(28)29)26(18-34)32(37)40-6-3/h7-16,25H,4-6H2,1-3H3/b26-20+. The second-order valence-corrected chi connectivity index (χ2v) is 8.73. The molecule has 9 nitrogen and oxygen atoms in total. The first-order valence-corrected chi connectivity index (χ1v) is 13.0.